The molecule has 0 fully saturated rings. The highest BCUT2D eigenvalue weighted by Gasteiger charge is 2.38. The van der Waals surface area contributed by atoms with Crippen molar-refractivity contribution in [1.29, 1.82) is 0 Å². The van der Waals surface area contributed by atoms with Gasteiger partial charge in [0.05, 0.1) is 6.10 Å². The van der Waals surface area contributed by atoms with Crippen molar-refractivity contribution in [2.24, 2.45) is 5.92 Å². The molecule has 1 rings (SSSR count). The molecule has 118 valence electrons. The summed E-state index contributed by atoms with van der Waals surface area (Å²) in [4.78, 5) is 10.3. The van der Waals surface area contributed by atoms with Gasteiger partial charge >= 0.3 is 0 Å². The number of benzene rings is 1. The zero-order valence-electron chi connectivity index (χ0n) is 12.4. The zero-order chi connectivity index (χ0) is 16.0. The monoisotopic (exact) mass is 315 g/mol. The maximum Gasteiger partial charge on any atom is 0.275 e. The summed E-state index contributed by atoms with van der Waals surface area (Å²) in [6.45, 7) is 4.58. The predicted molar refractivity (Wildman–Crippen MR) is 80.0 cm³/mol. The summed E-state index contributed by atoms with van der Waals surface area (Å²) in [5, 5.41) is 9.79. The second kappa shape index (κ2) is 7.51. The summed E-state index contributed by atoms with van der Waals surface area (Å²) < 4.78 is 30.0. The van der Waals surface area contributed by atoms with E-state index in [0.29, 0.717) is 12.0 Å². The molecule has 6 nitrogen and oxygen atoms in total. The Kier molecular flexibility index (Phi) is 6.29. The van der Waals surface area contributed by atoms with Crippen LogP contribution in [0.5, 0.6) is 0 Å². The van der Waals surface area contributed by atoms with Gasteiger partial charge in [0, 0.05) is 10.8 Å². The normalized spacial score (nSPS) is 14.9. The van der Waals surface area contributed by atoms with Crippen LogP contribution in [0.2, 0.25) is 0 Å². The van der Waals surface area contributed by atoms with E-state index in [0.717, 1.165) is 0 Å². The topological polar surface area (TPSA) is 86.5 Å². The Morgan fingerprint density at radius 2 is 1.81 bits per heavy atom. The molecule has 0 amide bonds. The van der Waals surface area contributed by atoms with Crippen LogP contribution in [-0.2, 0) is 14.3 Å². The SMILES string of the molecule is CC[C@H](C[N+](=O)[O-])[C@H](c1ccccc1)S(=O)(=O)OC(C)C. The Labute approximate surface area is 125 Å². The van der Waals surface area contributed by atoms with Gasteiger partial charge in [-0.1, -0.05) is 37.3 Å². The molecule has 0 aromatic heterocycles. The largest absolute Gasteiger partial charge is 0.275 e. The third-order valence-electron chi connectivity index (χ3n) is 3.10. The first-order valence-electron chi connectivity index (χ1n) is 6.86. The summed E-state index contributed by atoms with van der Waals surface area (Å²) in [6.07, 6.45) is -0.129. The summed E-state index contributed by atoms with van der Waals surface area (Å²) in [6, 6.07) is 8.52. The van der Waals surface area contributed by atoms with Crippen LogP contribution < -0.4 is 0 Å². The summed E-state index contributed by atoms with van der Waals surface area (Å²) in [5.41, 5.74) is 0.520. The molecule has 7 heteroatoms. The van der Waals surface area contributed by atoms with Crippen LogP contribution in [0.1, 0.15) is 38.0 Å². The first-order chi connectivity index (χ1) is 9.77. The molecule has 0 radical (unpaired) electrons. The minimum atomic E-state index is -3.94. The van der Waals surface area contributed by atoms with Gasteiger partial charge in [-0.15, -0.1) is 0 Å². The smallest absolute Gasteiger partial charge is 0.267 e. The van der Waals surface area contributed by atoms with E-state index in [1.165, 1.54) is 0 Å². The zero-order valence-corrected chi connectivity index (χ0v) is 13.2. The molecule has 21 heavy (non-hydrogen) atoms. The molecule has 0 spiro atoms. The molecule has 0 unspecified atom stereocenters. The average molecular weight is 315 g/mol. The van der Waals surface area contributed by atoms with Crippen molar-refractivity contribution in [3.05, 3.63) is 46.0 Å². The molecule has 0 bridgehead atoms. The first kappa shape index (κ1) is 17.6. The van der Waals surface area contributed by atoms with Crippen LogP contribution >= 0.6 is 0 Å². The van der Waals surface area contributed by atoms with E-state index in [9.17, 15) is 18.5 Å². The highest BCUT2D eigenvalue weighted by molar-refractivity contribution is 7.87. The quantitative estimate of drug-likeness (QED) is 0.418. The molecule has 0 aliphatic carbocycles. The van der Waals surface area contributed by atoms with Gasteiger partial charge in [-0.2, -0.15) is 8.42 Å². The Hall–Kier alpha value is -1.47. The van der Waals surface area contributed by atoms with Crippen molar-refractivity contribution in [2.45, 2.75) is 38.5 Å². The van der Waals surface area contributed by atoms with E-state index in [2.05, 4.69) is 0 Å². The highest BCUT2D eigenvalue weighted by atomic mass is 32.2. The van der Waals surface area contributed by atoms with Gasteiger partial charge in [0.2, 0.25) is 6.54 Å². The predicted octanol–water partition coefficient (Wildman–Crippen LogP) is 2.79. The number of rotatable bonds is 8. The van der Waals surface area contributed by atoms with Crippen molar-refractivity contribution < 1.29 is 17.5 Å². The number of nitrogens with zero attached hydrogens (tertiary/aromatic N) is 1. The van der Waals surface area contributed by atoms with E-state index < -0.39 is 38.9 Å². The molecule has 0 saturated heterocycles. The van der Waals surface area contributed by atoms with Crippen molar-refractivity contribution in [1.82, 2.24) is 0 Å². The molecule has 1 aromatic carbocycles. The van der Waals surface area contributed by atoms with E-state index in [-0.39, 0.29) is 0 Å². The van der Waals surface area contributed by atoms with E-state index in [1.807, 2.05) is 0 Å². The number of nitro groups is 1. The standard InChI is InChI=1S/C14H21NO5S/c1-4-12(10-15(16)17)14(13-8-6-5-7-9-13)21(18,19)20-11(2)3/h5-9,11-12,14H,4,10H2,1-3H3/t12-,14-/m1/s1. The molecule has 2 atom stereocenters. The third-order valence-corrected chi connectivity index (χ3v) is 5.03. The molecule has 0 aliphatic rings. The lowest BCUT2D eigenvalue weighted by Crippen LogP contribution is -2.30. The van der Waals surface area contributed by atoms with Gasteiger partial charge in [-0.25, -0.2) is 0 Å². The van der Waals surface area contributed by atoms with Crippen molar-refractivity contribution in [3.63, 3.8) is 0 Å². The van der Waals surface area contributed by atoms with Gasteiger partial charge < -0.3 is 0 Å². The van der Waals surface area contributed by atoms with Gasteiger partial charge in [0.25, 0.3) is 10.1 Å². The van der Waals surface area contributed by atoms with E-state index in [1.54, 1.807) is 51.1 Å². The maximum absolute atomic E-state index is 12.5. The molecular weight excluding hydrogens is 294 g/mol. The lowest BCUT2D eigenvalue weighted by molar-refractivity contribution is -0.488. The third kappa shape index (κ3) is 5.09. The second-order valence-corrected chi connectivity index (χ2v) is 6.84. The van der Waals surface area contributed by atoms with Crippen molar-refractivity contribution in [3.8, 4) is 0 Å². The highest BCUT2D eigenvalue weighted by Crippen LogP contribution is 2.34. The Morgan fingerprint density at radius 1 is 1.24 bits per heavy atom. The second-order valence-electron chi connectivity index (χ2n) is 5.15. The molecule has 1 aromatic rings. The average Bonchev–Trinajstić information content (AvgIpc) is 2.36. The fraction of sp³-hybridized carbons (Fsp3) is 0.571. The van der Waals surface area contributed by atoms with Crippen LogP contribution in [0.4, 0.5) is 0 Å². The van der Waals surface area contributed by atoms with Crippen LogP contribution in [0, 0.1) is 16.0 Å². The van der Waals surface area contributed by atoms with Gasteiger partial charge in [-0.05, 0) is 25.8 Å². The Morgan fingerprint density at radius 3 is 2.24 bits per heavy atom. The van der Waals surface area contributed by atoms with Crippen molar-refractivity contribution in [2.75, 3.05) is 6.54 Å². The fourth-order valence-corrected chi connectivity index (χ4v) is 4.17. The van der Waals surface area contributed by atoms with E-state index >= 15 is 0 Å². The van der Waals surface area contributed by atoms with Crippen LogP contribution in [-0.4, -0.2) is 26.0 Å². The molecule has 0 saturated carbocycles. The molecule has 0 N–H and O–H groups in total. The minimum Gasteiger partial charge on any atom is -0.267 e. The van der Waals surface area contributed by atoms with Crippen LogP contribution in [0.3, 0.4) is 0 Å². The van der Waals surface area contributed by atoms with E-state index in [4.69, 9.17) is 4.18 Å². The Balaban J connectivity index is 3.26. The van der Waals surface area contributed by atoms with Gasteiger partial charge in [0.15, 0.2) is 0 Å². The number of hydrogen-bond acceptors (Lipinski definition) is 5. The fourth-order valence-electron chi connectivity index (χ4n) is 2.28. The Bertz CT molecular complexity index is 556. The van der Waals surface area contributed by atoms with Crippen LogP contribution in [0.15, 0.2) is 30.3 Å². The lowest BCUT2D eigenvalue weighted by atomic mass is 9.96. The lowest BCUT2D eigenvalue weighted by Gasteiger charge is -2.24. The van der Waals surface area contributed by atoms with Gasteiger partial charge in [-0.3, -0.25) is 14.3 Å². The van der Waals surface area contributed by atoms with Crippen molar-refractivity contribution >= 4 is 10.1 Å². The molecule has 0 heterocycles. The molecule has 0 aliphatic heterocycles. The maximum atomic E-state index is 12.5. The first-order valence-corrected chi connectivity index (χ1v) is 8.34. The minimum absolute atomic E-state index is 0.376. The molecular formula is C14H21NO5S. The summed E-state index contributed by atoms with van der Waals surface area (Å²) in [5.74, 6) is -0.633. The van der Waals surface area contributed by atoms with Gasteiger partial charge in [0.1, 0.15) is 5.25 Å². The summed E-state index contributed by atoms with van der Waals surface area (Å²) >= 11 is 0. The number of hydrogen-bond donors (Lipinski definition) is 0. The summed E-state index contributed by atoms with van der Waals surface area (Å²) in [7, 11) is -3.94. The van der Waals surface area contributed by atoms with Crippen LogP contribution in [0.25, 0.3) is 0 Å².